The Labute approximate surface area is 186 Å². The Bertz CT molecular complexity index is 1230. The second-order valence-electron chi connectivity index (χ2n) is 6.85. The Morgan fingerprint density at radius 2 is 2.00 bits per heavy atom. The van der Waals surface area contributed by atoms with Gasteiger partial charge in [0.05, 0.1) is 27.4 Å². The number of benzene rings is 2. The molecule has 1 amide bonds. The zero-order valence-electron chi connectivity index (χ0n) is 16.6. The first-order chi connectivity index (χ1) is 15.0. The van der Waals surface area contributed by atoms with Crippen LogP contribution in [0.4, 0.5) is 10.8 Å². The molecule has 9 heteroatoms. The summed E-state index contributed by atoms with van der Waals surface area (Å²) in [6.07, 6.45) is 3.39. The second-order valence-corrected chi connectivity index (χ2v) is 8.91. The summed E-state index contributed by atoms with van der Waals surface area (Å²) >= 11 is 2.73. The van der Waals surface area contributed by atoms with Crippen molar-refractivity contribution in [3.63, 3.8) is 0 Å². The van der Waals surface area contributed by atoms with Gasteiger partial charge in [-0.3, -0.25) is 24.8 Å². The second kappa shape index (κ2) is 9.23. The number of fused-ring (bicyclic) bond motifs is 1. The van der Waals surface area contributed by atoms with Gasteiger partial charge >= 0.3 is 0 Å². The molecule has 0 N–H and O–H groups in total. The quantitative estimate of drug-likeness (QED) is 0.217. The minimum absolute atomic E-state index is 0.00256. The van der Waals surface area contributed by atoms with E-state index in [4.69, 9.17) is 0 Å². The van der Waals surface area contributed by atoms with Crippen molar-refractivity contribution in [3.05, 3.63) is 88.2 Å². The Morgan fingerprint density at radius 3 is 2.71 bits per heavy atom. The summed E-state index contributed by atoms with van der Waals surface area (Å²) in [5, 5.41) is 11.6. The Balaban J connectivity index is 1.61. The van der Waals surface area contributed by atoms with Crippen LogP contribution in [0.15, 0.2) is 71.9 Å². The molecule has 0 saturated carbocycles. The summed E-state index contributed by atoms with van der Waals surface area (Å²) in [6.45, 7) is 2.34. The predicted molar refractivity (Wildman–Crippen MR) is 124 cm³/mol. The van der Waals surface area contributed by atoms with Crippen LogP contribution in [0.1, 0.15) is 11.1 Å². The highest BCUT2D eigenvalue weighted by Crippen LogP contribution is 2.33. The zero-order valence-corrected chi connectivity index (χ0v) is 18.2. The van der Waals surface area contributed by atoms with Gasteiger partial charge in [-0.05, 0) is 36.8 Å². The summed E-state index contributed by atoms with van der Waals surface area (Å²) in [5.41, 5.74) is 2.67. The lowest BCUT2D eigenvalue weighted by Gasteiger charge is -2.19. The maximum absolute atomic E-state index is 13.2. The summed E-state index contributed by atoms with van der Waals surface area (Å²) < 4.78 is 0.666. The number of nitro benzene ring substituents is 1. The molecule has 2 aromatic heterocycles. The summed E-state index contributed by atoms with van der Waals surface area (Å²) in [7, 11) is 0. The van der Waals surface area contributed by atoms with Crippen LogP contribution >= 0.6 is 23.1 Å². The number of carbonyl (C=O) groups is 1. The molecule has 7 nitrogen and oxygen atoms in total. The van der Waals surface area contributed by atoms with Crippen LogP contribution in [-0.4, -0.2) is 26.6 Å². The molecule has 0 unspecified atom stereocenters. The Morgan fingerprint density at radius 1 is 1.19 bits per heavy atom. The first-order valence-electron chi connectivity index (χ1n) is 9.43. The van der Waals surface area contributed by atoms with E-state index in [0.29, 0.717) is 21.9 Å². The largest absolute Gasteiger partial charge is 0.283 e. The number of amides is 1. The fourth-order valence-electron chi connectivity index (χ4n) is 2.92. The highest BCUT2D eigenvalue weighted by Gasteiger charge is 2.21. The van der Waals surface area contributed by atoms with E-state index in [1.807, 2.05) is 43.3 Å². The molecule has 2 heterocycles. The number of thiazole rings is 1. The van der Waals surface area contributed by atoms with Gasteiger partial charge in [0, 0.05) is 29.4 Å². The van der Waals surface area contributed by atoms with E-state index in [1.165, 1.54) is 35.2 Å². The van der Waals surface area contributed by atoms with Gasteiger partial charge < -0.3 is 0 Å². The molecule has 4 rings (SSSR count). The number of hydrogen-bond donors (Lipinski definition) is 0. The fourth-order valence-corrected chi connectivity index (χ4v) is 4.71. The van der Waals surface area contributed by atoms with E-state index >= 15 is 0 Å². The number of nitrogens with zero attached hydrogens (tertiary/aromatic N) is 4. The monoisotopic (exact) mass is 450 g/mol. The SMILES string of the molecule is Cc1ccc(SCC(=O)N(Cc2cccnc2)c2nc3ccc([N+](=O)[O-])cc3s2)cc1. The molecule has 0 aliphatic carbocycles. The van der Waals surface area contributed by atoms with Crippen molar-refractivity contribution in [2.24, 2.45) is 0 Å². The number of carbonyl (C=O) groups excluding carboxylic acids is 1. The number of thioether (sulfide) groups is 1. The summed E-state index contributed by atoms with van der Waals surface area (Å²) in [5.74, 6) is 0.155. The topological polar surface area (TPSA) is 89.2 Å². The number of aromatic nitrogens is 2. The molecule has 0 aliphatic heterocycles. The highest BCUT2D eigenvalue weighted by atomic mass is 32.2. The van der Waals surface area contributed by atoms with Crippen LogP contribution in [0.3, 0.4) is 0 Å². The molecule has 0 atom stereocenters. The van der Waals surface area contributed by atoms with E-state index in [0.717, 1.165) is 16.0 Å². The third-order valence-electron chi connectivity index (χ3n) is 4.55. The third-order valence-corrected chi connectivity index (χ3v) is 6.59. The number of nitro groups is 1. The molecule has 0 spiro atoms. The van der Waals surface area contributed by atoms with Crippen LogP contribution in [0.25, 0.3) is 10.2 Å². The average molecular weight is 451 g/mol. The highest BCUT2D eigenvalue weighted by molar-refractivity contribution is 8.00. The molecule has 4 aromatic rings. The number of hydrogen-bond acceptors (Lipinski definition) is 7. The van der Waals surface area contributed by atoms with E-state index < -0.39 is 4.92 Å². The molecule has 31 heavy (non-hydrogen) atoms. The minimum atomic E-state index is -0.435. The van der Waals surface area contributed by atoms with Gasteiger partial charge in [0.1, 0.15) is 0 Å². The van der Waals surface area contributed by atoms with Crippen molar-refractivity contribution in [2.75, 3.05) is 10.7 Å². The lowest BCUT2D eigenvalue weighted by atomic mass is 10.2. The molecule has 0 radical (unpaired) electrons. The van der Waals surface area contributed by atoms with Crippen molar-refractivity contribution in [2.45, 2.75) is 18.4 Å². The van der Waals surface area contributed by atoms with Gasteiger partial charge in [-0.2, -0.15) is 0 Å². The van der Waals surface area contributed by atoms with Crippen molar-refractivity contribution in [1.29, 1.82) is 0 Å². The molecule has 0 bridgehead atoms. The van der Waals surface area contributed by atoms with E-state index in [9.17, 15) is 14.9 Å². The molecule has 0 saturated heterocycles. The lowest BCUT2D eigenvalue weighted by molar-refractivity contribution is -0.384. The van der Waals surface area contributed by atoms with Crippen LogP contribution in [0, 0.1) is 17.0 Å². The van der Waals surface area contributed by atoms with Crippen molar-refractivity contribution in [1.82, 2.24) is 9.97 Å². The maximum atomic E-state index is 13.2. The standard InChI is InChI=1S/C22H18N4O3S2/c1-15-4-7-18(8-5-15)30-14-21(27)25(13-16-3-2-10-23-12-16)22-24-19-9-6-17(26(28)29)11-20(19)31-22/h2-12H,13-14H2,1H3. The molecule has 156 valence electrons. The number of rotatable bonds is 7. The van der Waals surface area contributed by atoms with E-state index in [2.05, 4.69) is 9.97 Å². The first kappa shape index (κ1) is 21.0. The molecule has 0 aliphatic rings. The van der Waals surface area contributed by atoms with E-state index in [-0.39, 0.29) is 17.3 Å². The van der Waals surface area contributed by atoms with Crippen LogP contribution in [0.2, 0.25) is 0 Å². The lowest BCUT2D eigenvalue weighted by Crippen LogP contribution is -2.31. The van der Waals surface area contributed by atoms with Gasteiger partial charge in [0.2, 0.25) is 5.91 Å². The van der Waals surface area contributed by atoms with E-state index in [1.54, 1.807) is 23.4 Å². The van der Waals surface area contributed by atoms with Gasteiger partial charge in [-0.25, -0.2) is 4.98 Å². The normalized spacial score (nSPS) is 10.9. The Kier molecular flexibility index (Phi) is 6.24. The van der Waals surface area contributed by atoms with Gasteiger partial charge in [-0.1, -0.05) is 35.1 Å². The van der Waals surface area contributed by atoms with Crippen molar-refractivity contribution >= 4 is 50.0 Å². The van der Waals surface area contributed by atoms with Crippen molar-refractivity contribution in [3.8, 4) is 0 Å². The summed E-state index contributed by atoms with van der Waals surface area (Å²) in [6, 6.07) is 16.3. The fraction of sp³-hybridized carbons (Fsp3) is 0.136. The number of non-ortho nitro benzene ring substituents is 1. The number of pyridine rings is 1. The third kappa shape index (κ3) is 5.07. The predicted octanol–water partition coefficient (Wildman–Crippen LogP) is 5.23. The average Bonchev–Trinajstić information content (AvgIpc) is 3.20. The molecule has 2 aromatic carbocycles. The smallest absolute Gasteiger partial charge is 0.270 e. The van der Waals surface area contributed by atoms with Crippen molar-refractivity contribution < 1.29 is 9.72 Å². The minimum Gasteiger partial charge on any atom is -0.283 e. The maximum Gasteiger partial charge on any atom is 0.270 e. The van der Waals surface area contributed by atoms with Gasteiger partial charge in [-0.15, -0.1) is 11.8 Å². The number of anilines is 1. The molecular formula is C22H18N4O3S2. The Hall–Kier alpha value is -3.30. The number of aryl methyl sites for hydroxylation is 1. The van der Waals surface area contributed by atoms with Gasteiger partial charge in [0.15, 0.2) is 5.13 Å². The van der Waals surface area contributed by atoms with Gasteiger partial charge in [0.25, 0.3) is 5.69 Å². The van der Waals surface area contributed by atoms with Crippen LogP contribution in [0.5, 0.6) is 0 Å². The zero-order chi connectivity index (χ0) is 21.8. The van der Waals surface area contributed by atoms with Crippen LogP contribution < -0.4 is 4.90 Å². The van der Waals surface area contributed by atoms with Crippen LogP contribution in [-0.2, 0) is 11.3 Å². The molecular weight excluding hydrogens is 432 g/mol. The summed E-state index contributed by atoms with van der Waals surface area (Å²) in [4.78, 5) is 35.2. The molecule has 0 fully saturated rings. The first-order valence-corrected chi connectivity index (χ1v) is 11.2.